The van der Waals surface area contributed by atoms with Gasteiger partial charge in [0.15, 0.2) is 0 Å². The van der Waals surface area contributed by atoms with Gasteiger partial charge in [-0.25, -0.2) is 0 Å². The second-order valence-corrected chi connectivity index (χ2v) is 7.36. The molecular formula is C3H8O4P2Zn. The van der Waals surface area contributed by atoms with Gasteiger partial charge in [-0.3, -0.25) is 0 Å². The first-order chi connectivity index (χ1) is 3.71. The van der Waals surface area contributed by atoms with E-state index in [1.807, 2.05) is 0 Å². The van der Waals surface area contributed by atoms with Crippen LogP contribution in [-0.4, -0.2) is 19.2 Å². The fraction of sp³-hybridized carbons (Fsp3) is 1.00. The fourth-order valence-electron chi connectivity index (χ4n) is 0.467. The summed E-state index contributed by atoms with van der Waals surface area (Å²) >= 11 is 0. The Kier molecular flexibility index (Phi) is 5.62. The Morgan fingerprint density at radius 1 is 1.10 bits per heavy atom. The van der Waals surface area contributed by atoms with E-state index in [1.165, 1.54) is 0 Å². The van der Waals surface area contributed by atoms with Crippen molar-refractivity contribution in [3.63, 3.8) is 0 Å². The summed E-state index contributed by atoms with van der Waals surface area (Å²) in [6, 6.07) is 0. The van der Waals surface area contributed by atoms with E-state index in [4.69, 9.17) is 0 Å². The molecule has 0 aromatic carbocycles. The molecule has 0 aliphatic heterocycles. The third-order valence-corrected chi connectivity index (χ3v) is 4.62. The van der Waals surface area contributed by atoms with Crippen molar-refractivity contribution >= 4 is 14.7 Å². The van der Waals surface area contributed by atoms with E-state index in [0.29, 0.717) is 0 Å². The average Bonchev–Trinajstić information content (AvgIpc) is 1.14. The molecule has 0 fully saturated rings. The minimum Gasteiger partial charge on any atom is -0.799 e. The summed E-state index contributed by atoms with van der Waals surface area (Å²) in [5, 5.41) is 0. The minimum atomic E-state index is -3.61. The molecule has 0 spiro atoms. The molecule has 0 aliphatic rings. The van der Waals surface area contributed by atoms with Crippen LogP contribution in [0.1, 0.15) is 0 Å². The Labute approximate surface area is 72.7 Å². The molecule has 0 aromatic rings. The van der Waals surface area contributed by atoms with E-state index < -0.39 is 20.6 Å². The molecule has 7 heteroatoms. The summed E-state index contributed by atoms with van der Waals surface area (Å²) in [5.74, 6) is -0.708. The molecule has 2 atom stereocenters. The van der Waals surface area contributed by atoms with Crippen LogP contribution in [0.5, 0.6) is 0 Å². The first kappa shape index (κ1) is 13.6. The van der Waals surface area contributed by atoms with Crippen LogP contribution in [0, 0.1) is 0 Å². The topological polar surface area (TPSA) is 80.3 Å². The fourth-order valence-corrected chi connectivity index (χ4v) is 4.20. The van der Waals surface area contributed by atoms with Crippen molar-refractivity contribution in [2.45, 2.75) is 0 Å². The Morgan fingerprint density at radius 3 is 1.30 bits per heavy atom. The van der Waals surface area contributed by atoms with Gasteiger partial charge in [0.1, 0.15) is 0 Å². The van der Waals surface area contributed by atoms with Gasteiger partial charge in [-0.1, -0.05) is 0 Å². The Bertz CT molecular complexity index is 159. The maximum absolute atomic E-state index is 10.3. The Hall–Kier alpha value is 1.00. The normalized spacial score (nSPS) is 22.0. The molecule has 0 radical (unpaired) electrons. The smallest absolute Gasteiger partial charge is 0.799 e. The first-order valence-corrected chi connectivity index (χ1v) is 6.77. The van der Waals surface area contributed by atoms with Crippen molar-refractivity contribution in [3.05, 3.63) is 0 Å². The average molecular weight is 235 g/mol. The SMILES string of the molecule is CP(=O)([O-])CP(C)(=O)[O-].[Zn+2]. The first-order valence-electron chi connectivity index (χ1n) is 2.26. The predicted molar refractivity (Wildman–Crippen MR) is 31.9 cm³/mol. The van der Waals surface area contributed by atoms with Crippen molar-refractivity contribution < 1.29 is 38.4 Å². The maximum Gasteiger partial charge on any atom is 2.00 e. The molecule has 10 heavy (non-hydrogen) atoms. The molecule has 0 rings (SSSR count). The van der Waals surface area contributed by atoms with Crippen LogP contribution < -0.4 is 9.79 Å². The zero-order valence-electron chi connectivity index (χ0n) is 5.94. The summed E-state index contributed by atoms with van der Waals surface area (Å²) in [6.45, 7) is 1.84. The van der Waals surface area contributed by atoms with Crippen LogP contribution in [0.4, 0.5) is 0 Å². The minimum absolute atomic E-state index is 0. The van der Waals surface area contributed by atoms with E-state index in [1.54, 1.807) is 0 Å². The summed E-state index contributed by atoms with van der Waals surface area (Å²) in [6.07, 6.45) is 0. The molecule has 2 unspecified atom stereocenters. The monoisotopic (exact) mass is 234 g/mol. The molecule has 0 aromatic heterocycles. The van der Waals surface area contributed by atoms with E-state index in [9.17, 15) is 18.9 Å². The third-order valence-electron chi connectivity index (χ3n) is 0.514. The molecule has 4 nitrogen and oxygen atoms in total. The molecule has 0 bridgehead atoms. The van der Waals surface area contributed by atoms with Crippen LogP contribution in [0.25, 0.3) is 0 Å². The van der Waals surface area contributed by atoms with Gasteiger partial charge in [-0.15, -0.1) is 0 Å². The zero-order chi connectivity index (χ0) is 7.71. The van der Waals surface area contributed by atoms with E-state index in [-0.39, 0.29) is 19.5 Å². The van der Waals surface area contributed by atoms with Crippen molar-refractivity contribution in [3.8, 4) is 0 Å². The standard InChI is InChI=1S/C3H10O4P2.Zn/c1-8(4,5)3-9(2,6)7;/h3H2,1-2H3,(H,4,5)(H,6,7);/q;+2/p-2. The summed E-state index contributed by atoms with van der Waals surface area (Å²) in [5.41, 5.74) is 0. The maximum atomic E-state index is 10.3. The molecule has 0 N–H and O–H groups in total. The molecule has 0 saturated heterocycles. The molecule has 0 heterocycles. The summed E-state index contributed by atoms with van der Waals surface area (Å²) in [4.78, 5) is 20.6. The van der Waals surface area contributed by atoms with Crippen LogP contribution in [0.15, 0.2) is 0 Å². The van der Waals surface area contributed by atoms with Crippen molar-refractivity contribution in [2.24, 2.45) is 0 Å². The van der Waals surface area contributed by atoms with Crippen LogP contribution >= 0.6 is 14.7 Å². The second-order valence-electron chi connectivity index (χ2n) is 2.17. The van der Waals surface area contributed by atoms with Crippen molar-refractivity contribution in [1.29, 1.82) is 0 Å². The Balaban J connectivity index is 0. The number of rotatable bonds is 2. The zero-order valence-corrected chi connectivity index (χ0v) is 10.7. The van der Waals surface area contributed by atoms with E-state index in [0.717, 1.165) is 13.3 Å². The van der Waals surface area contributed by atoms with E-state index in [2.05, 4.69) is 0 Å². The van der Waals surface area contributed by atoms with Crippen molar-refractivity contribution in [2.75, 3.05) is 19.2 Å². The second kappa shape index (κ2) is 4.14. The Morgan fingerprint density at radius 2 is 1.30 bits per heavy atom. The molecule has 0 amide bonds. The number of hydrogen-bond donors (Lipinski definition) is 0. The molecule has 0 saturated carbocycles. The van der Waals surface area contributed by atoms with Crippen LogP contribution in [0.3, 0.4) is 0 Å². The van der Waals surface area contributed by atoms with Gasteiger partial charge in [0.2, 0.25) is 0 Å². The molecular weight excluding hydrogens is 227 g/mol. The van der Waals surface area contributed by atoms with Gasteiger partial charge in [0.25, 0.3) is 0 Å². The molecule has 0 aliphatic carbocycles. The van der Waals surface area contributed by atoms with Gasteiger partial charge in [-0.2, -0.15) is 0 Å². The van der Waals surface area contributed by atoms with Gasteiger partial charge in [0, 0.05) is 20.6 Å². The largest absolute Gasteiger partial charge is 2.00 e. The quantitative estimate of drug-likeness (QED) is 0.476. The van der Waals surface area contributed by atoms with Gasteiger partial charge in [-0.05, 0) is 13.3 Å². The van der Waals surface area contributed by atoms with Crippen LogP contribution in [-0.2, 0) is 28.6 Å². The predicted octanol–water partition coefficient (Wildman–Crippen LogP) is -0.522. The van der Waals surface area contributed by atoms with Crippen LogP contribution in [0.2, 0.25) is 0 Å². The molecule has 56 valence electrons. The van der Waals surface area contributed by atoms with Gasteiger partial charge >= 0.3 is 19.5 Å². The summed E-state index contributed by atoms with van der Waals surface area (Å²) < 4.78 is 20.6. The van der Waals surface area contributed by atoms with Gasteiger partial charge in [0.05, 0.1) is 0 Å². The van der Waals surface area contributed by atoms with Gasteiger partial charge < -0.3 is 18.9 Å². The third kappa shape index (κ3) is 11.8. The van der Waals surface area contributed by atoms with Crippen molar-refractivity contribution in [1.82, 2.24) is 0 Å². The summed E-state index contributed by atoms with van der Waals surface area (Å²) in [7, 11) is -7.23. The number of hydrogen-bond acceptors (Lipinski definition) is 4. The van der Waals surface area contributed by atoms with E-state index >= 15 is 0 Å².